The van der Waals surface area contributed by atoms with Crippen molar-refractivity contribution in [2.45, 2.75) is 20.3 Å². The second-order valence-electron chi connectivity index (χ2n) is 7.67. The third kappa shape index (κ3) is 4.87. The number of aromatic nitrogens is 2. The SMILES string of the molecule is CCOc1cc(-c2cc(NCCc3ccc4ccccc4c3C)ncn2)ccc1/C(N)=N/O. The number of ether oxygens (including phenoxy) is 1. The summed E-state index contributed by atoms with van der Waals surface area (Å²) in [4.78, 5) is 8.76. The van der Waals surface area contributed by atoms with E-state index in [0.29, 0.717) is 17.9 Å². The van der Waals surface area contributed by atoms with Gasteiger partial charge in [-0.2, -0.15) is 0 Å². The molecule has 7 nitrogen and oxygen atoms in total. The number of amidine groups is 1. The second-order valence-corrected chi connectivity index (χ2v) is 7.67. The Morgan fingerprint density at radius 1 is 1.09 bits per heavy atom. The highest BCUT2D eigenvalue weighted by Crippen LogP contribution is 2.27. The molecule has 0 spiro atoms. The van der Waals surface area contributed by atoms with Crippen LogP contribution in [0.1, 0.15) is 23.6 Å². The molecule has 0 saturated heterocycles. The summed E-state index contributed by atoms with van der Waals surface area (Å²) in [5, 5.41) is 18.0. The number of nitrogens with zero attached hydrogens (tertiary/aromatic N) is 3. The van der Waals surface area contributed by atoms with E-state index in [0.717, 1.165) is 30.0 Å². The zero-order valence-electron chi connectivity index (χ0n) is 18.7. The Hall–Kier alpha value is -4.13. The number of benzene rings is 3. The van der Waals surface area contributed by atoms with Crippen molar-refractivity contribution in [1.29, 1.82) is 0 Å². The quantitative estimate of drug-likeness (QED) is 0.158. The van der Waals surface area contributed by atoms with Crippen LogP contribution in [0.15, 0.2) is 72.1 Å². The summed E-state index contributed by atoms with van der Waals surface area (Å²) in [7, 11) is 0. The highest BCUT2D eigenvalue weighted by atomic mass is 16.5. The van der Waals surface area contributed by atoms with Crippen molar-refractivity contribution in [1.82, 2.24) is 9.97 Å². The van der Waals surface area contributed by atoms with E-state index < -0.39 is 0 Å². The standard InChI is InChI=1S/C26H27N5O2/c1-3-33-24-14-20(10-11-22(24)26(27)31-32)23-15-25(30-16-29-23)28-13-12-18-8-9-19-6-4-5-7-21(19)17(18)2/h4-11,14-16,32H,3,12-13H2,1-2H3,(H2,27,31)(H,28,29,30). The molecule has 0 aliphatic rings. The Morgan fingerprint density at radius 2 is 1.94 bits per heavy atom. The third-order valence-electron chi connectivity index (χ3n) is 5.64. The first kappa shape index (κ1) is 22.1. The van der Waals surface area contributed by atoms with E-state index in [4.69, 9.17) is 15.7 Å². The molecule has 33 heavy (non-hydrogen) atoms. The minimum atomic E-state index is -0.000901. The van der Waals surface area contributed by atoms with E-state index in [1.165, 1.54) is 28.2 Å². The molecular formula is C26H27N5O2. The number of nitrogens with one attached hydrogen (secondary N) is 1. The Labute approximate surface area is 193 Å². The normalized spacial score (nSPS) is 11.5. The first-order valence-electron chi connectivity index (χ1n) is 10.9. The number of aryl methyl sites for hydroxylation is 1. The van der Waals surface area contributed by atoms with Crippen LogP contribution in [0.2, 0.25) is 0 Å². The van der Waals surface area contributed by atoms with Gasteiger partial charge in [0.05, 0.1) is 17.9 Å². The first-order chi connectivity index (χ1) is 16.1. The molecule has 0 atom stereocenters. The molecule has 0 unspecified atom stereocenters. The fraction of sp³-hybridized carbons (Fsp3) is 0.192. The van der Waals surface area contributed by atoms with Crippen LogP contribution in [-0.2, 0) is 6.42 Å². The lowest BCUT2D eigenvalue weighted by molar-refractivity contribution is 0.317. The molecule has 0 saturated carbocycles. The van der Waals surface area contributed by atoms with E-state index in [2.05, 4.69) is 63.8 Å². The minimum absolute atomic E-state index is 0.000901. The molecule has 3 aromatic carbocycles. The summed E-state index contributed by atoms with van der Waals surface area (Å²) in [6.45, 7) is 5.27. The van der Waals surface area contributed by atoms with Crippen LogP contribution in [0.25, 0.3) is 22.0 Å². The van der Waals surface area contributed by atoms with Gasteiger partial charge in [0.2, 0.25) is 0 Å². The van der Waals surface area contributed by atoms with Gasteiger partial charge in [-0.25, -0.2) is 9.97 Å². The number of oxime groups is 1. The summed E-state index contributed by atoms with van der Waals surface area (Å²) in [5.74, 6) is 1.28. The summed E-state index contributed by atoms with van der Waals surface area (Å²) >= 11 is 0. The zero-order valence-corrected chi connectivity index (χ0v) is 18.7. The van der Waals surface area contributed by atoms with Crippen LogP contribution < -0.4 is 15.8 Å². The fourth-order valence-electron chi connectivity index (χ4n) is 3.90. The van der Waals surface area contributed by atoms with Crippen molar-refractivity contribution in [2.24, 2.45) is 10.9 Å². The number of nitrogens with two attached hydrogens (primary N) is 1. The van der Waals surface area contributed by atoms with Gasteiger partial charge in [0, 0.05) is 18.2 Å². The van der Waals surface area contributed by atoms with E-state index in [1.807, 2.05) is 25.1 Å². The monoisotopic (exact) mass is 441 g/mol. The van der Waals surface area contributed by atoms with Crippen LogP contribution in [0.3, 0.4) is 0 Å². The molecule has 0 bridgehead atoms. The lowest BCUT2D eigenvalue weighted by Crippen LogP contribution is -2.15. The van der Waals surface area contributed by atoms with Crippen molar-refractivity contribution < 1.29 is 9.94 Å². The van der Waals surface area contributed by atoms with Crippen LogP contribution >= 0.6 is 0 Å². The van der Waals surface area contributed by atoms with Gasteiger partial charge in [-0.05, 0) is 54.3 Å². The van der Waals surface area contributed by atoms with Crippen molar-refractivity contribution in [3.8, 4) is 17.0 Å². The Balaban J connectivity index is 1.49. The smallest absolute Gasteiger partial charge is 0.173 e. The molecule has 0 fully saturated rings. The van der Waals surface area contributed by atoms with Gasteiger partial charge >= 0.3 is 0 Å². The largest absolute Gasteiger partial charge is 0.493 e. The summed E-state index contributed by atoms with van der Waals surface area (Å²) in [6, 6.07) is 20.2. The van der Waals surface area contributed by atoms with Gasteiger partial charge in [0.25, 0.3) is 0 Å². The van der Waals surface area contributed by atoms with Gasteiger partial charge in [0.15, 0.2) is 5.84 Å². The number of rotatable bonds is 8. The lowest BCUT2D eigenvalue weighted by atomic mass is 9.98. The van der Waals surface area contributed by atoms with Gasteiger partial charge in [-0.15, -0.1) is 0 Å². The van der Waals surface area contributed by atoms with Crippen LogP contribution in [0.4, 0.5) is 5.82 Å². The maximum atomic E-state index is 9.02. The van der Waals surface area contributed by atoms with Crippen molar-refractivity contribution in [3.63, 3.8) is 0 Å². The topological polar surface area (TPSA) is 106 Å². The predicted molar refractivity (Wildman–Crippen MR) is 132 cm³/mol. The van der Waals surface area contributed by atoms with E-state index in [9.17, 15) is 0 Å². The average molecular weight is 442 g/mol. The molecule has 0 aliphatic carbocycles. The van der Waals surface area contributed by atoms with E-state index >= 15 is 0 Å². The lowest BCUT2D eigenvalue weighted by Gasteiger charge is -2.12. The maximum absolute atomic E-state index is 9.02. The Morgan fingerprint density at radius 3 is 2.76 bits per heavy atom. The molecule has 4 aromatic rings. The van der Waals surface area contributed by atoms with Gasteiger partial charge in [-0.3, -0.25) is 0 Å². The van der Waals surface area contributed by atoms with Crippen molar-refractivity contribution >= 4 is 22.4 Å². The number of anilines is 1. The van der Waals surface area contributed by atoms with E-state index in [1.54, 1.807) is 6.07 Å². The molecule has 0 radical (unpaired) electrons. The minimum Gasteiger partial charge on any atom is -0.493 e. The molecule has 1 aromatic heterocycles. The molecule has 1 heterocycles. The second kappa shape index (κ2) is 9.99. The Bertz CT molecular complexity index is 1300. The number of fused-ring (bicyclic) bond motifs is 1. The highest BCUT2D eigenvalue weighted by Gasteiger charge is 2.12. The molecule has 4 N–H and O–H groups in total. The van der Waals surface area contributed by atoms with Gasteiger partial charge in [-0.1, -0.05) is 47.6 Å². The molecule has 7 heteroatoms. The van der Waals surface area contributed by atoms with Gasteiger partial charge in [0.1, 0.15) is 17.9 Å². The van der Waals surface area contributed by atoms with E-state index in [-0.39, 0.29) is 5.84 Å². The first-order valence-corrected chi connectivity index (χ1v) is 10.9. The molecular weight excluding hydrogens is 414 g/mol. The van der Waals surface area contributed by atoms with Crippen molar-refractivity contribution in [3.05, 3.63) is 83.7 Å². The van der Waals surface area contributed by atoms with Crippen molar-refractivity contribution in [2.75, 3.05) is 18.5 Å². The van der Waals surface area contributed by atoms with Crippen LogP contribution in [-0.4, -0.2) is 34.2 Å². The summed E-state index contributed by atoms with van der Waals surface area (Å²) < 4.78 is 5.68. The number of hydrogen-bond acceptors (Lipinski definition) is 6. The predicted octanol–water partition coefficient (Wildman–Crippen LogP) is 4.75. The van der Waals surface area contributed by atoms with Gasteiger partial charge < -0.3 is 21.0 Å². The molecule has 4 rings (SSSR count). The number of hydrogen-bond donors (Lipinski definition) is 3. The fourth-order valence-corrected chi connectivity index (χ4v) is 3.90. The third-order valence-corrected chi connectivity index (χ3v) is 5.64. The molecule has 168 valence electrons. The highest BCUT2D eigenvalue weighted by molar-refractivity contribution is 6.00. The molecule has 0 aliphatic heterocycles. The summed E-state index contributed by atoms with van der Waals surface area (Å²) in [6.07, 6.45) is 2.43. The van der Waals surface area contributed by atoms with Crippen LogP contribution in [0.5, 0.6) is 5.75 Å². The maximum Gasteiger partial charge on any atom is 0.173 e. The average Bonchev–Trinajstić information content (AvgIpc) is 2.85. The zero-order chi connectivity index (χ0) is 23.2. The Kier molecular flexibility index (Phi) is 6.69. The van der Waals surface area contributed by atoms with Crippen LogP contribution in [0, 0.1) is 6.92 Å². The summed E-state index contributed by atoms with van der Waals surface area (Å²) in [5.41, 5.74) is 10.5. The molecule has 0 amide bonds.